The average Bonchev–Trinajstić information content (AvgIpc) is 2.66. The van der Waals surface area contributed by atoms with Gasteiger partial charge >= 0.3 is 0 Å². The van der Waals surface area contributed by atoms with Crippen molar-refractivity contribution in [2.75, 3.05) is 14.2 Å². The van der Waals surface area contributed by atoms with Crippen molar-refractivity contribution in [3.8, 4) is 5.75 Å². The number of fused-ring (bicyclic) bond motifs is 1. The number of amides is 1. The van der Waals surface area contributed by atoms with Crippen LogP contribution >= 0.6 is 0 Å². The van der Waals surface area contributed by atoms with Crippen molar-refractivity contribution in [3.63, 3.8) is 0 Å². The van der Waals surface area contributed by atoms with Crippen molar-refractivity contribution in [3.05, 3.63) is 70.1 Å². The van der Waals surface area contributed by atoms with E-state index in [4.69, 9.17) is 4.74 Å². The van der Waals surface area contributed by atoms with Gasteiger partial charge in [-0.15, -0.1) is 0 Å². The number of methoxy groups -OCH3 is 1. The molecule has 0 aliphatic heterocycles. The number of nitrogens with zero attached hydrogens (tertiary/aromatic N) is 2. The van der Waals surface area contributed by atoms with E-state index in [1.807, 2.05) is 42.5 Å². The maximum atomic E-state index is 12.4. The lowest BCUT2D eigenvalue weighted by molar-refractivity contribution is -0.130. The molecule has 0 bridgehead atoms. The number of H-pyrrole nitrogens is 1. The molecule has 2 aromatic carbocycles. The van der Waals surface area contributed by atoms with E-state index >= 15 is 0 Å². The van der Waals surface area contributed by atoms with Gasteiger partial charge in [-0.1, -0.05) is 24.3 Å². The van der Waals surface area contributed by atoms with Crippen molar-refractivity contribution in [1.82, 2.24) is 14.9 Å². The second kappa shape index (κ2) is 7.82. The van der Waals surface area contributed by atoms with Gasteiger partial charge in [0.15, 0.2) is 0 Å². The molecular formula is C20H21N3O3. The fraction of sp³-hybridized carbons (Fsp3) is 0.250. The van der Waals surface area contributed by atoms with Crippen LogP contribution in [-0.2, 0) is 17.8 Å². The van der Waals surface area contributed by atoms with Crippen molar-refractivity contribution in [2.24, 2.45) is 0 Å². The number of hydrogen-bond donors (Lipinski definition) is 1. The topological polar surface area (TPSA) is 75.3 Å². The molecule has 134 valence electrons. The van der Waals surface area contributed by atoms with Crippen molar-refractivity contribution in [1.29, 1.82) is 0 Å². The third-order valence-corrected chi connectivity index (χ3v) is 4.25. The lowest BCUT2D eigenvalue weighted by Crippen LogP contribution is -2.27. The molecule has 0 unspecified atom stereocenters. The van der Waals surface area contributed by atoms with E-state index < -0.39 is 0 Å². The van der Waals surface area contributed by atoms with Gasteiger partial charge in [-0.2, -0.15) is 0 Å². The fourth-order valence-electron chi connectivity index (χ4n) is 2.75. The number of carbonyl (C=O) groups excluding carboxylic acids is 1. The molecule has 0 radical (unpaired) electrons. The molecule has 6 heteroatoms. The van der Waals surface area contributed by atoms with Gasteiger partial charge in [-0.3, -0.25) is 9.59 Å². The van der Waals surface area contributed by atoms with Crippen LogP contribution in [0.4, 0.5) is 0 Å². The van der Waals surface area contributed by atoms with Crippen molar-refractivity contribution < 1.29 is 9.53 Å². The Morgan fingerprint density at radius 1 is 1.15 bits per heavy atom. The number of benzene rings is 2. The van der Waals surface area contributed by atoms with Crippen LogP contribution in [0.1, 0.15) is 17.7 Å². The Hall–Kier alpha value is -3.15. The number of hydrogen-bond acceptors (Lipinski definition) is 4. The molecule has 0 saturated carbocycles. The first-order chi connectivity index (χ1) is 12.6. The highest BCUT2D eigenvalue weighted by molar-refractivity contribution is 5.76. The number of aromatic amines is 1. The predicted molar refractivity (Wildman–Crippen MR) is 100 cm³/mol. The molecule has 26 heavy (non-hydrogen) atoms. The zero-order valence-electron chi connectivity index (χ0n) is 14.9. The molecule has 0 spiro atoms. The summed E-state index contributed by atoms with van der Waals surface area (Å²) in [5, 5.41) is 0. The summed E-state index contributed by atoms with van der Waals surface area (Å²) < 4.78 is 5.13. The number of ether oxygens (including phenoxy) is 1. The van der Waals surface area contributed by atoms with E-state index in [1.54, 1.807) is 25.1 Å². The summed E-state index contributed by atoms with van der Waals surface area (Å²) in [5.74, 6) is 0.750. The van der Waals surface area contributed by atoms with E-state index in [0.29, 0.717) is 24.2 Å². The SMILES string of the molecule is COc1ccc(CN(C)C(=O)CCc2nc3ccccc3[nH]c2=O)cc1. The number of nitrogens with one attached hydrogen (secondary N) is 1. The van der Waals surface area contributed by atoms with Crippen molar-refractivity contribution >= 4 is 16.9 Å². The summed E-state index contributed by atoms with van der Waals surface area (Å²) in [6.07, 6.45) is 0.549. The Morgan fingerprint density at radius 2 is 1.88 bits per heavy atom. The molecule has 3 aromatic rings. The highest BCUT2D eigenvalue weighted by Gasteiger charge is 2.12. The zero-order valence-corrected chi connectivity index (χ0v) is 14.9. The summed E-state index contributed by atoms with van der Waals surface area (Å²) >= 11 is 0. The van der Waals surface area contributed by atoms with Crippen LogP contribution in [0, 0.1) is 0 Å². The highest BCUT2D eigenvalue weighted by Crippen LogP contribution is 2.13. The maximum Gasteiger partial charge on any atom is 0.270 e. The Balaban J connectivity index is 1.62. The van der Waals surface area contributed by atoms with Gasteiger partial charge in [0, 0.05) is 26.4 Å². The monoisotopic (exact) mass is 351 g/mol. The molecule has 0 saturated heterocycles. The lowest BCUT2D eigenvalue weighted by Gasteiger charge is -2.17. The minimum atomic E-state index is -0.241. The molecule has 0 aliphatic carbocycles. The molecular weight excluding hydrogens is 330 g/mol. The van der Waals surface area contributed by atoms with Crippen LogP contribution < -0.4 is 10.3 Å². The molecule has 1 N–H and O–H groups in total. The van der Waals surface area contributed by atoms with Gasteiger partial charge in [0.05, 0.1) is 18.1 Å². The minimum absolute atomic E-state index is 0.0322. The Bertz CT molecular complexity index is 964. The number of para-hydroxylation sites is 2. The molecule has 0 aliphatic rings. The van der Waals surface area contributed by atoms with E-state index in [-0.39, 0.29) is 17.9 Å². The largest absolute Gasteiger partial charge is 0.497 e. The number of carbonyl (C=O) groups is 1. The second-order valence-corrected chi connectivity index (χ2v) is 6.13. The molecule has 3 rings (SSSR count). The first-order valence-corrected chi connectivity index (χ1v) is 8.41. The van der Waals surface area contributed by atoms with Gasteiger partial charge in [0.25, 0.3) is 5.56 Å². The average molecular weight is 351 g/mol. The molecule has 6 nitrogen and oxygen atoms in total. The Kier molecular flexibility index (Phi) is 5.31. The summed E-state index contributed by atoms with van der Waals surface area (Å²) in [4.78, 5) is 33.3. The summed E-state index contributed by atoms with van der Waals surface area (Å²) in [6.45, 7) is 0.504. The van der Waals surface area contributed by atoms with Crippen molar-refractivity contribution in [2.45, 2.75) is 19.4 Å². The molecule has 1 amide bonds. The van der Waals surface area contributed by atoms with E-state index in [0.717, 1.165) is 16.8 Å². The molecule has 0 fully saturated rings. The summed E-state index contributed by atoms with van der Waals surface area (Å²) in [6, 6.07) is 14.9. The standard InChI is InChI=1S/C20H21N3O3/c1-23(13-14-7-9-15(26-2)10-8-14)19(24)12-11-18-20(25)22-17-6-4-3-5-16(17)21-18/h3-10H,11-13H2,1-2H3,(H,22,25). The van der Waals surface area contributed by atoms with Crippen LogP contribution in [0.25, 0.3) is 11.0 Å². The quantitative estimate of drug-likeness (QED) is 0.740. The van der Waals surface area contributed by atoms with Gasteiger partial charge < -0.3 is 14.6 Å². The third kappa shape index (κ3) is 4.08. The van der Waals surface area contributed by atoms with Crippen LogP contribution in [0.3, 0.4) is 0 Å². The molecule has 1 aromatic heterocycles. The number of aryl methyl sites for hydroxylation is 1. The zero-order chi connectivity index (χ0) is 18.5. The van der Waals surface area contributed by atoms with Crippen LogP contribution in [-0.4, -0.2) is 34.9 Å². The Labute approximate surface area is 151 Å². The summed E-state index contributed by atoms with van der Waals surface area (Å²) in [5.41, 5.74) is 2.58. The molecule has 1 heterocycles. The van der Waals surface area contributed by atoms with E-state index in [9.17, 15) is 9.59 Å². The smallest absolute Gasteiger partial charge is 0.270 e. The predicted octanol–water partition coefficient (Wildman–Crippen LogP) is 2.52. The first-order valence-electron chi connectivity index (χ1n) is 8.41. The third-order valence-electron chi connectivity index (χ3n) is 4.25. The first kappa shape index (κ1) is 17.7. The van der Waals surface area contributed by atoms with Gasteiger partial charge in [0.2, 0.25) is 5.91 Å². The van der Waals surface area contributed by atoms with Crippen LogP contribution in [0.2, 0.25) is 0 Å². The molecule has 0 atom stereocenters. The van der Waals surface area contributed by atoms with E-state index in [1.165, 1.54) is 0 Å². The normalized spacial score (nSPS) is 10.7. The second-order valence-electron chi connectivity index (χ2n) is 6.13. The van der Waals surface area contributed by atoms with Crippen LogP contribution in [0.15, 0.2) is 53.3 Å². The van der Waals surface area contributed by atoms with E-state index in [2.05, 4.69) is 9.97 Å². The fourth-order valence-corrected chi connectivity index (χ4v) is 2.75. The number of rotatable bonds is 6. The lowest BCUT2D eigenvalue weighted by atomic mass is 10.2. The Morgan fingerprint density at radius 3 is 2.62 bits per heavy atom. The van der Waals surface area contributed by atoms with Gasteiger partial charge in [-0.25, -0.2) is 4.98 Å². The maximum absolute atomic E-state index is 12.4. The highest BCUT2D eigenvalue weighted by atomic mass is 16.5. The van der Waals surface area contributed by atoms with Gasteiger partial charge in [0.1, 0.15) is 11.4 Å². The minimum Gasteiger partial charge on any atom is -0.497 e. The van der Waals surface area contributed by atoms with Gasteiger partial charge in [-0.05, 0) is 29.8 Å². The number of aromatic nitrogens is 2. The van der Waals surface area contributed by atoms with Crippen LogP contribution in [0.5, 0.6) is 5.75 Å². The summed E-state index contributed by atoms with van der Waals surface area (Å²) in [7, 11) is 3.37.